The largest absolute Gasteiger partial charge is 0.151 e. The Morgan fingerprint density at radius 3 is 2.44 bits per heavy atom. The summed E-state index contributed by atoms with van der Waals surface area (Å²) in [7, 11) is 0. The van der Waals surface area contributed by atoms with E-state index in [1.165, 1.54) is 27.5 Å². The Morgan fingerprint density at radius 1 is 0.875 bits per heavy atom. The van der Waals surface area contributed by atoms with Crippen molar-refractivity contribution in [2.75, 3.05) is 0 Å². The molecule has 0 bridgehead atoms. The third kappa shape index (κ3) is 1.54. The molecule has 0 unspecified atom stereocenters. The molecule has 0 spiro atoms. The lowest BCUT2D eigenvalue weighted by Gasteiger charge is -2.03. The van der Waals surface area contributed by atoms with Gasteiger partial charge in [0.15, 0.2) is 0 Å². The molecule has 0 aliphatic heterocycles. The lowest BCUT2D eigenvalue weighted by molar-refractivity contribution is 1.54. The molecule has 1 aromatic heterocycles. The maximum atomic E-state index is 2.27. The molecule has 16 heavy (non-hydrogen) atoms. The summed E-state index contributed by atoms with van der Waals surface area (Å²) in [5, 5.41) is 7.04. The third-order valence-corrected chi connectivity index (χ3v) is 3.78. The summed E-state index contributed by atoms with van der Waals surface area (Å²) in [6.45, 7) is 2.17. The molecule has 0 aliphatic carbocycles. The van der Waals surface area contributed by atoms with Gasteiger partial charge < -0.3 is 0 Å². The summed E-state index contributed by atoms with van der Waals surface area (Å²) >= 11 is 1.77. The van der Waals surface area contributed by atoms with Gasteiger partial charge in [-0.2, -0.15) is 11.3 Å². The molecule has 0 saturated carbocycles. The van der Waals surface area contributed by atoms with Crippen molar-refractivity contribution in [3.63, 3.8) is 0 Å². The normalized spacial score (nSPS) is 10.8. The molecule has 1 heterocycles. The lowest BCUT2D eigenvalue weighted by Crippen LogP contribution is -1.78. The van der Waals surface area contributed by atoms with Gasteiger partial charge in [0.2, 0.25) is 0 Å². The molecular weight excluding hydrogens is 212 g/mol. The van der Waals surface area contributed by atoms with Crippen LogP contribution in [0, 0.1) is 6.92 Å². The summed E-state index contributed by atoms with van der Waals surface area (Å²) in [5.74, 6) is 0. The standard InChI is InChI=1S/C15H12S/c1-11-9-16-10-15(11)14-7-6-12-4-2-3-5-13(12)8-14/h2-10H,1H3. The molecule has 0 fully saturated rings. The van der Waals surface area contributed by atoms with Crippen LogP contribution < -0.4 is 0 Å². The zero-order valence-electron chi connectivity index (χ0n) is 9.10. The van der Waals surface area contributed by atoms with E-state index in [4.69, 9.17) is 0 Å². The molecule has 0 nitrogen and oxygen atoms in total. The van der Waals surface area contributed by atoms with Gasteiger partial charge in [-0.05, 0) is 51.2 Å². The maximum Gasteiger partial charge on any atom is -0.00120 e. The molecule has 78 valence electrons. The minimum absolute atomic E-state index is 1.30. The summed E-state index contributed by atoms with van der Waals surface area (Å²) < 4.78 is 0. The summed E-state index contributed by atoms with van der Waals surface area (Å²) in [4.78, 5) is 0. The van der Waals surface area contributed by atoms with Crippen molar-refractivity contribution in [3.8, 4) is 11.1 Å². The van der Waals surface area contributed by atoms with Crippen molar-refractivity contribution in [1.29, 1.82) is 0 Å². The Kier molecular flexibility index (Phi) is 2.26. The fraction of sp³-hybridized carbons (Fsp3) is 0.0667. The van der Waals surface area contributed by atoms with E-state index in [9.17, 15) is 0 Å². The lowest BCUT2D eigenvalue weighted by atomic mass is 10.0. The summed E-state index contributed by atoms with van der Waals surface area (Å²) in [6, 6.07) is 15.2. The molecule has 0 saturated heterocycles. The maximum absolute atomic E-state index is 2.27. The van der Waals surface area contributed by atoms with Gasteiger partial charge in [-0.15, -0.1) is 0 Å². The van der Waals surface area contributed by atoms with Gasteiger partial charge in [-0.3, -0.25) is 0 Å². The van der Waals surface area contributed by atoms with Crippen molar-refractivity contribution in [2.45, 2.75) is 6.92 Å². The van der Waals surface area contributed by atoms with E-state index in [2.05, 4.69) is 60.1 Å². The van der Waals surface area contributed by atoms with E-state index >= 15 is 0 Å². The Balaban J connectivity index is 2.23. The number of thiophene rings is 1. The number of rotatable bonds is 1. The highest BCUT2D eigenvalue weighted by atomic mass is 32.1. The molecule has 0 radical (unpaired) electrons. The summed E-state index contributed by atoms with van der Waals surface area (Å²) in [6.07, 6.45) is 0. The van der Waals surface area contributed by atoms with E-state index in [1.807, 2.05) is 0 Å². The van der Waals surface area contributed by atoms with Crippen molar-refractivity contribution >= 4 is 22.1 Å². The van der Waals surface area contributed by atoms with Crippen molar-refractivity contribution in [3.05, 3.63) is 58.8 Å². The minimum atomic E-state index is 1.30. The molecule has 3 rings (SSSR count). The second kappa shape index (κ2) is 3.76. The third-order valence-electron chi connectivity index (χ3n) is 2.92. The first kappa shape index (κ1) is 9.61. The number of fused-ring (bicyclic) bond motifs is 1. The Labute approximate surface area is 99.2 Å². The first-order valence-electron chi connectivity index (χ1n) is 5.36. The van der Waals surface area contributed by atoms with Crippen LogP contribution in [0.15, 0.2) is 53.2 Å². The van der Waals surface area contributed by atoms with Crippen LogP contribution in [0.3, 0.4) is 0 Å². The first-order chi connectivity index (χ1) is 7.84. The monoisotopic (exact) mass is 224 g/mol. The predicted octanol–water partition coefficient (Wildman–Crippen LogP) is 4.88. The van der Waals surface area contributed by atoms with Gasteiger partial charge >= 0.3 is 0 Å². The van der Waals surface area contributed by atoms with Crippen molar-refractivity contribution < 1.29 is 0 Å². The van der Waals surface area contributed by atoms with E-state index in [0.29, 0.717) is 0 Å². The minimum Gasteiger partial charge on any atom is -0.151 e. The fourth-order valence-electron chi connectivity index (χ4n) is 2.01. The average molecular weight is 224 g/mol. The Hall–Kier alpha value is -1.60. The molecule has 1 heteroatoms. The van der Waals surface area contributed by atoms with Gasteiger partial charge in [0.1, 0.15) is 0 Å². The van der Waals surface area contributed by atoms with Gasteiger partial charge in [0.25, 0.3) is 0 Å². The molecule has 0 aliphatic rings. The highest BCUT2D eigenvalue weighted by Gasteiger charge is 2.03. The first-order valence-corrected chi connectivity index (χ1v) is 6.31. The van der Waals surface area contributed by atoms with Crippen LogP contribution in [0.5, 0.6) is 0 Å². The zero-order valence-corrected chi connectivity index (χ0v) is 9.92. The number of hydrogen-bond acceptors (Lipinski definition) is 1. The quantitative estimate of drug-likeness (QED) is 0.553. The highest BCUT2D eigenvalue weighted by molar-refractivity contribution is 7.08. The summed E-state index contributed by atoms with van der Waals surface area (Å²) in [5.41, 5.74) is 4.04. The second-order valence-electron chi connectivity index (χ2n) is 4.03. The van der Waals surface area contributed by atoms with E-state index in [-0.39, 0.29) is 0 Å². The number of hydrogen-bond donors (Lipinski definition) is 0. The van der Waals surface area contributed by atoms with E-state index < -0.39 is 0 Å². The molecule has 3 aromatic rings. The van der Waals surface area contributed by atoms with Crippen LogP contribution in [0.2, 0.25) is 0 Å². The SMILES string of the molecule is Cc1cscc1-c1ccc2ccccc2c1. The van der Waals surface area contributed by atoms with Gasteiger partial charge in [-0.1, -0.05) is 36.4 Å². The zero-order chi connectivity index (χ0) is 11.0. The molecule has 0 amide bonds. The second-order valence-corrected chi connectivity index (χ2v) is 4.77. The van der Waals surface area contributed by atoms with Gasteiger partial charge in [-0.25, -0.2) is 0 Å². The van der Waals surface area contributed by atoms with E-state index in [1.54, 1.807) is 11.3 Å². The Bertz CT molecular complexity index is 634. The molecule has 2 aromatic carbocycles. The van der Waals surface area contributed by atoms with Crippen LogP contribution in [-0.2, 0) is 0 Å². The molecular formula is C15H12S. The topological polar surface area (TPSA) is 0 Å². The molecule has 0 N–H and O–H groups in total. The van der Waals surface area contributed by atoms with Crippen LogP contribution in [-0.4, -0.2) is 0 Å². The van der Waals surface area contributed by atoms with Crippen LogP contribution in [0.1, 0.15) is 5.56 Å². The van der Waals surface area contributed by atoms with Gasteiger partial charge in [0.05, 0.1) is 0 Å². The van der Waals surface area contributed by atoms with E-state index in [0.717, 1.165) is 0 Å². The van der Waals surface area contributed by atoms with Crippen LogP contribution in [0.4, 0.5) is 0 Å². The fourth-order valence-corrected chi connectivity index (χ4v) is 2.87. The number of aryl methyl sites for hydroxylation is 1. The van der Waals surface area contributed by atoms with Crippen LogP contribution in [0.25, 0.3) is 21.9 Å². The van der Waals surface area contributed by atoms with Crippen molar-refractivity contribution in [1.82, 2.24) is 0 Å². The highest BCUT2D eigenvalue weighted by Crippen LogP contribution is 2.29. The van der Waals surface area contributed by atoms with Crippen molar-refractivity contribution in [2.24, 2.45) is 0 Å². The predicted molar refractivity (Wildman–Crippen MR) is 72.0 cm³/mol. The van der Waals surface area contributed by atoms with Gasteiger partial charge in [0, 0.05) is 0 Å². The smallest absolute Gasteiger partial charge is 0.00120 e. The van der Waals surface area contributed by atoms with Crippen LogP contribution >= 0.6 is 11.3 Å². The molecule has 0 atom stereocenters. The number of benzene rings is 2. The Morgan fingerprint density at radius 2 is 1.69 bits per heavy atom. The average Bonchev–Trinajstić information content (AvgIpc) is 2.75.